The molecule has 4 heteroatoms. The summed E-state index contributed by atoms with van der Waals surface area (Å²) in [6.45, 7) is 0.554. The lowest BCUT2D eigenvalue weighted by molar-refractivity contribution is 0.370. The summed E-state index contributed by atoms with van der Waals surface area (Å²) in [4.78, 5) is 0. The number of rotatable bonds is 4. The number of methoxy groups -OCH3 is 1. The van der Waals surface area contributed by atoms with E-state index in [4.69, 9.17) is 15.7 Å². The molecule has 0 spiro atoms. The van der Waals surface area contributed by atoms with Gasteiger partial charge in [0.05, 0.1) is 18.7 Å². The largest absolute Gasteiger partial charge is 0.504 e. The molecule has 0 atom stereocenters. The van der Waals surface area contributed by atoms with Crippen molar-refractivity contribution in [3.8, 4) is 17.6 Å². The Morgan fingerprint density at radius 2 is 2.27 bits per heavy atom. The molecule has 0 saturated carbocycles. The molecule has 0 aliphatic heterocycles. The van der Waals surface area contributed by atoms with E-state index in [0.717, 1.165) is 6.42 Å². The van der Waals surface area contributed by atoms with Gasteiger partial charge in [-0.2, -0.15) is 5.26 Å². The topological polar surface area (TPSA) is 79.3 Å². The average Bonchev–Trinajstić information content (AvgIpc) is 2.27. The minimum Gasteiger partial charge on any atom is -0.504 e. The van der Waals surface area contributed by atoms with Gasteiger partial charge in [0.1, 0.15) is 0 Å². The van der Waals surface area contributed by atoms with E-state index >= 15 is 0 Å². The molecule has 0 unspecified atom stereocenters. The van der Waals surface area contributed by atoms with Crippen LogP contribution in [0.15, 0.2) is 12.1 Å². The Balaban J connectivity index is 3.08. The second kappa shape index (κ2) is 5.23. The first-order valence-corrected chi connectivity index (χ1v) is 4.73. The fourth-order valence-corrected chi connectivity index (χ4v) is 1.37. The highest BCUT2D eigenvalue weighted by Crippen LogP contribution is 2.31. The summed E-state index contributed by atoms with van der Waals surface area (Å²) >= 11 is 0. The highest BCUT2D eigenvalue weighted by atomic mass is 16.5. The molecule has 1 aromatic carbocycles. The monoisotopic (exact) mass is 206 g/mol. The van der Waals surface area contributed by atoms with E-state index in [0.29, 0.717) is 29.8 Å². The van der Waals surface area contributed by atoms with Gasteiger partial charge >= 0.3 is 0 Å². The molecule has 15 heavy (non-hydrogen) atoms. The third kappa shape index (κ3) is 2.61. The van der Waals surface area contributed by atoms with Crippen LogP contribution >= 0.6 is 0 Å². The van der Waals surface area contributed by atoms with E-state index in [1.807, 2.05) is 6.07 Å². The zero-order chi connectivity index (χ0) is 11.3. The highest BCUT2D eigenvalue weighted by Gasteiger charge is 2.09. The van der Waals surface area contributed by atoms with Crippen molar-refractivity contribution in [1.29, 1.82) is 5.26 Å². The summed E-state index contributed by atoms with van der Waals surface area (Å²) < 4.78 is 4.98. The highest BCUT2D eigenvalue weighted by molar-refractivity contribution is 5.51. The molecule has 0 saturated heterocycles. The van der Waals surface area contributed by atoms with Crippen molar-refractivity contribution in [2.75, 3.05) is 13.7 Å². The Labute approximate surface area is 88.9 Å². The lowest BCUT2D eigenvalue weighted by Crippen LogP contribution is -2.01. The molecule has 3 N–H and O–H groups in total. The molecule has 0 aromatic heterocycles. The van der Waals surface area contributed by atoms with Crippen molar-refractivity contribution < 1.29 is 9.84 Å². The Kier molecular flexibility index (Phi) is 3.95. The molecule has 80 valence electrons. The van der Waals surface area contributed by atoms with Crippen molar-refractivity contribution in [3.05, 3.63) is 23.3 Å². The fourth-order valence-electron chi connectivity index (χ4n) is 1.37. The normalized spacial score (nSPS) is 9.67. The van der Waals surface area contributed by atoms with Gasteiger partial charge in [-0.25, -0.2) is 0 Å². The molecule has 1 rings (SSSR count). The molecule has 0 heterocycles. The number of phenolic OH excluding ortho intramolecular Hbond substituents is 1. The first-order valence-electron chi connectivity index (χ1n) is 4.73. The third-order valence-electron chi connectivity index (χ3n) is 2.15. The molecule has 0 fully saturated rings. The number of nitrogens with two attached hydrogens (primary N) is 1. The molecular formula is C11H14N2O2. The number of phenols is 1. The van der Waals surface area contributed by atoms with Crippen molar-refractivity contribution >= 4 is 0 Å². The van der Waals surface area contributed by atoms with Crippen LogP contribution in [0.25, 0.3) is 0 Å². The van der Waals surface area contributed by atoms with Crippen molar-refractivity contribution in [2.45, 2.75) is 12.8 Å². The molecule has 0 amide bonds. The molecule has 4 nitrogen and oxygen atoms in total. The van der Waals surface area contributed by atoms with Crippen molar-refractivity contribution in [2.24, 2.45) is 5.73 Å². The van der Waals surface area contributed by atoms with Crippen molar-refractivity contribution in [1.82, 2.24) is 0 Å². The van der Waals surface area contributed by atoms with E-state index in [1.54, 1.807) is 6.07 Å². The number of hydrogen-bond acceptors (Lipinski definition) is 4. The molecular weight excluding hydrogens is 192 g/mol. The Hall–Kier alpha value is -1.73. The van der Waals surface area contributed by atoms with Gasteiger partial charge in [-0.1, -0.05) is 0 Å². The Bertz CT molecular complexity index is 383. The van der Waals surface area contributed by atoms with Gasteiger partial charge in [-0.15, -0.1) is 0 Å². The number of nitriles is 1. The van der Waals surface area contributed by atoms with Gasteiger partial charge in [0, 0.05) is 6.07 Å². The molecule has 0 aliphatic rings. The quantitative estimate of drug-likeness (QED) is 0.774. The third-order valence-corrected chi connectivity index (χ3v) is 2.15. The SMILES string of the molecule is COc1cc(C#N)cc(CCCN)c1O. The Morgan fingerprint density at radius 1 is 1.53 bits per heavy atom. The second-order valence-corrected chi connectivity index (χ2v) is 3.19. The maximum Gasteiger partial charge on any atom is 0.162 e. The lowest BCUT2D eigenvalue weighted by atomic mass is 10.0. The average molecular weight is 206 g/mol. The second-order valence-electron chi connectivity index (χ2n) is 3.19. The number of hydrogen-bond donors (Lipinski definition) is 2. The van der Waals surface area contributed by atoms with Gasteiger partial charge in [-0.3, -0.25) is 0 Å². The first-order chi connectivity index (χ1) is 7.22. The fraction of sp³-hybridized carbons (Fsp3) is 0.364. The summed E-state index contributed by atoms with van der Waals surface area (Å²) in [5, 5.41) is 18.5. The van der Waals surface area contributed by atoms with Crippen LogP contribution in [-0.2, 0) is 6.42 Å². The van der Waals surface area contributed by atoms with Crippen LogP contribution in [-0.4, -0.2) is 18.8 Å². The lowest BCUT2D eigenvalue weighted by Gasteiger charge is -2.09. The van der Waals surface area contributed by atoms with Gasteiger partial charge in [0.25, 0.3) is 0 Å². The maximum absolute atomic E-state index is 9.76. The van der Waals surface area contributed by atoms with Crippen LogP contribution in [0.3, 0.4) is 0 Å². The summed E-state index contributed by atoms with van der Waals surface area (Å²) in [5.74, 6) is 0.436. The standard InChI is InChI=1S/C11H14N2O2/c1-15-10-6-8(7-13)5-9(11(10)14)3-2-4-12/h5-6,14H,2-4,12H2,1H3. The van der Waals surface area contributed by atoms with Crippen molar-refractivity contribution in [3.63, 3.8) is 0 Å². The van der Waals surface area contributed by atoms with Crippen LogP contribution in [0.2, 0.25) is 0 Å². The summed E-state index contributed by atoms with van der Waals surface area (Å²) in [7, 11) is 1.46. The predicted molar refractivity (Wildman–Crippen MR) is 56.7 cm³/mol. The number of aromatic hydroxyl groups is 1. The minimum absolute atomic E-state index is 0.102. The zero-order valence-corrected chi connectivity index (χ0v) is 8.66. The van der Waals surface area contributed by atoms with Crippen LogP contribution < -0.4 is 10.5 Å². The van der Waals surface area contributed by atoms with Gasteiger partial charge in [0.2, 0.25) is 0 Å². The first kappa shape index (κ1) is 11.3. The number of ether oxygens (including phenoxy) is 1. The number of benzene rings is 1. The van der Waals surface area contributed by atoms with E-state index in [-0.39, 0.29) is 5.75 Å². The molecule has 0 aliphatic carbocycles. The molecule has 0 bridgehead atoms. The van der Waals surface area contributed by atoms with Crippen LogP contribution in [0, 0.1) is 11.3 Å². The maximum atomic E-state index is 9.76. The predicted octanol–water partition coefficient (Wildman–Crippen LogP) is 1.16. The Morgan fingerprint density at radius 3 is 2.80 bits per heavy atom. The molecule has 1 aromatic rings. The van der Waals surface area contributed by atoms with Crippen LogP contribution in [0.5, 0.6) is 11.5 Å². The van der Waals surface area contributed by atoms with Gasteiger partial charge < -0.3 is 15.6 Å². The van der Waals surface area contributed by atoms with E-state index < -0.39 is 0 Å². The van der Waals surface area contributed by atoms with Crippen LogP contribution in [0.1, 0.15) is 17.5 Å². The van der Waals surface area contributed by atoms with E-state index in [2.05, 4.69) is 0 Å². The minimum atomic E-state index is 0.102. The summed E-state index contributed by atoms with van der Waals surface area (Å²) in [5.41, 5.74) is 6.58. The number of nitrogens with zero attached hydrogens (tertiary/aromatic N) is 1. The summed E-state index contributed by atoms with van der Waals surface area (Å²) in [6.07, 6.45) is 1.42. The van der Waals surface area contributed by atoms with E-state index in [1.165, 1.54) is 13.2 Å². The summed E-state index contributed by atoms with van der Waals surface area (Å²) in [6, 6.07) is 5.20. The van der Waals surface area contributed by atoms with Gasteiger partial charge in [0.15, 0.2) is 11.5 Å². The van der Waals surface area contributed by atoms with Crippen LogP contribution in [0.4, 0.5) is 0 Å². The van der Waals surface area contributed by atoms with E-state index in [9.17, 15) is 5.11 Å². The molecule has 0 radical (unpaired) electrons. The smallest absolute Gasteiger partial charge is 0.162 e. The van der Waals surface area contributed by atoms with Gasteiger partial charge in [-0.05, 0) is 31.0 Å². The number of aryl methyl sites for hydroxylation is 1. The zero-order valence-electron chi connectivity index (χ0n) is 8.66.